The molecule has 0 bridgehead atoms. The van der Waals surface area contributed by atoms with Crippen LogP contribution in [0.3, 0.4) is 0 Å². The molecule has 1 aromatic carbocycles. The Morgan fingerprint density at radius 1 is 1.50 bits per heavy atom. The lowest BCUT2D eigenvalue weighted by molar-refractivity contribution is 0.0359. The SMILES string of the molecule is CCO[C@H]1CSC2(C1)CN(C(=O)c1cccc(C)c1)C2. The summed E-state index contributed by atoms with van der Waals surface area (Å²) < 4.78 is 5.97. The van der Waals surface area contributed by atoms with Crippen molar-refractivity contribution in [2.24, 2.45) is 0 Å². The first-order chi connectivity index (χ1) is 9.62. The molecule has 1 aromatic rings. The first-order valence-electron chi connectivity index (χ1n) is 7.23. The zero-order valence-corrected chi connectivity index (χ0v) is 12.9. The third kappa shape index (κ3) is 2.59. The maximum Gasteiger partial charge on any atom is 0.253 e. The van der Waals surface area contributed by atoms with Crippen molar-refractivity contribution in [1.82, 2.24) is 4.90 Å². The van der Waals surface area contributed by atoms with E-state index < -0.39 is 0 Å². The van der Waals surface area contributed by atoms with Gasteiger partial charge in [-0.1, -0.05) is 17.7 Å². The van der Waals surface area contributed by atoms with Crippen LogP contribution in [0, 0.1) is 6.92 Å². The topological polar surface area (TPSA) is 29.5 Å². The highest BCUT2D eigenvalue weighted by Crippen LogP contribution is 2.46. The fourth-order valence-electron chi connectivity index (χ4n) is 3.12. The Kier molecular flexibility index (Phi) is 3.78. The Hall–Kier alpha value is -1.00. The lowest BCUT2D eigenvalue weighted by atomic mass is 9.92. The number of hydrogen-bond donors (Lipinski definition) is 0. The van der Waals surface area contributed by atoms with Crippen molar-refractivity contribution in [1.29, 1.82) is 0 Å². The fraction of sp³-hybridized carbons (Fsp3) is 0.562. The van der Waals surface area contributed by atoms with E-state index in [1.807, 2.05) is 54.8 Å². The monoisotopic (exact) mass is 291 g/mol. The number of carbonyl (C=O) groups is 1. The van der Waals surface area contributed by atoms with Gasteiger partial charge in [0.1, 0.15) is 0 Å². The number of nitrogens with zero attached hydrogens (tertiary/aromatic N) is 1. The van der Waals surface area contributed by atoms with Gasteiger partial charge in [-0.25, -0.2) is 0 Å². The molecule has 0 N–H and O–H groups in total. The first kappa shape index (κ1) is 14.0. The van der Waals surface area contributed by atoms with E-state index in [4.69, 9.17) is 4.74 Å². The molecule has 1 atom stereocenters. The summed E-state index contributed by atoms with van der Waals surface area (Å²) in [7, 11) is 0. The van der Waals surface area contributed by atoms with Gasteiger partial charge in [0.25, 0.3) is 5.91 Å². The van der Waals surface area contributed by atoms with Gasteiger partial charge in [0.2, 0.25) is 0 Å². The molecule has 2 heterocycles. The predicted molar refractivity (Wildman–Crippen MR) is 82.3 cm³/mol. The van der Waals surface area contributed by atoms with Gasteiger partial charge in [-0.15, -0.1) is 11.8 Å². The quantitative estimate of drug-likeness (QED) is 0.857. The third-order valence-corrected chi connectivity index (χ3v) is 5.66. The maximum atomic E-state index is 12.4. The molecule has 2 saturated heterocycles. The predicted octanol–water partition coefficient (Wildman–Crippen LogP) is 2.73. The summed E-state index contributed by atoms with van der Waals surface area (Å²) >= 11 is 1.98. The van der Waals surface area contributed by atoms with E-state index >= 15 is 0 Å². The number of likely N-dealkylation sites (tertiary alicyclic amines) is 1. The molecule has 0 aromatic heterocycles. The van der Waals surface area contributed by atoms with E-state index in [2.05, 4.69) is 0 Å². The molecule has 108 valence electrons. The Morgan fingerprint density at radius 2 is 2.30 bits per heavy atom. The average Bonchev–Trinajstić information content (AvgIpc) is 2.81. The number of rotatable bonds is 3. The Morgan fingerprint density at radius 3 is 3.00 bits per heavy atom. The van der Waals surface area contributed by atoms with Gasteiger partial charge in [-0.05, 0) is 32.4 Å². The van der Waals surface area contributed by atoms with Crippen molar-refractivity contribution in [3.63, 3.8) is 0 Å². The lowest BCUT2D eigenvalue weighted by Crippen LogP contribution is -2.60. The highest BCUT2D eigenvalue weighted by molar-refractivity contribution is 8.01. The minimum atomic E-state index is 0.166. The molecule has 1 spiro atoms. The van der Waals surface area contributed by atoms with Crippen LogP contribution >= 0.6 is 11.8 Å². The zero-order chi connectivity index (χ0) is 14.2. The molecule has 3 rings (SSSR count). The van der Waals surface area contributed by atoms with Crippen molar-refractivity contribution in [3.8, 4) is 0 Å². The van der Waals surface area contributed by atoms with Gasteiger partial charge in [-0.3, -0.25) is 4.79 Å². The van der Waals surface area contributed by atoms with Crippen LogP contribution in [0.2, 0.25) is 0 Å². The van der Waals surface area contributed by atoms with Gasteiger partial charge < -0.3 is 9.64 Å². The number of ether oxygens (including phenoxy) is 1. The summed E-state index contributed by atoms with van der Waals surface area (Å²) in [6.45, 7) is 6.59. The van der Waals surface area contributed by atoms with Crippen molar-refractivity contribution in [2.45, 2.75) is 31.1 Å². The van der Waals surface area contributed by atoms with E-state index in [0.717, 1.165) is 43.0 Å². The van der Waals surface area contributed by atoms with Crippen LogP contribution < -0.4 is 0 Å². The summed E-state index contributed by atoms with van der Waals surface area (Å²) in [4.78, 5) is 14.4. The average molecular weight is 291 g/mol. The number of carbonyl (C=O) groups excluding carboxylic acids is 1. The number of hydrogen-bond acceptors (Lipinski definition) is 3. The molecule has 3 nitrogen and oxygen atoms in total. The summed E-state index contributed by atoms with van der Waals surface area (Å²) in [6.07, 6.45) is 1.46. The normalized spacial score (nSPS) is 23.9. The molecule has 0 radical (unpaired) electrons. The molecule has 2 aliphatic heterocycles. The Bertz CT molecular complexity index is 511. The molecule has 2 fully saturated rings. The second kappa shape index (κ2) is 5.41. The number of benzene rings is 1. The second-order valence-corrected chi connectivity index (χ2v) is 7.29. The molecule has 2 aliphatic rings. The van der Waals surface area contributed by atoms with Gasteiger partial charge >= 0.3 is 0 Å². The van der Waals surface area contributed by atoms with Crippen LogP contribution in [0.4, 0.5) is 0 Å². The molecule has 1 amide bonds. The largest absolute Gasteiger partial charge is 0.378 e. The standard InChI is InChI=1S/C16H21NO2S/c1-3-19-14-8-16(20-9-14)10-17(11-16)15(18)13-6-4-5-12(2)7-13/h4-7,14H,3,8-11H2,1-2H3/t14-/m1/s1. The van der Waals surface area contributed by atoms with Crippen LogP contribution in [-0.2, 0) is 4.74 Å². The highest BCUT2D eigenvalue weighted by atomic mass is 32.2. The maximum absolute atomic E-state index is 12.4. The lowest BCUT2D eigenvalue weighted by Gasteiger charge is -2.47. The summed E-state index contributed by atoms with van der Waals surface area (Å²) in [5, 5.41) is 0. The van der Waals surface area contributed by atoms with Crippen LogP contribution in [0.15, 0.2) is 24.3 Å². The molecule has 0 saturated carbocycles. The molecular weight excluding hydrogens is 270 g/mol. The molecule has 0 aliphatic carbocycles. The minimum Gasteiger partial charge on any atom is -0.378 e. The van der Waals surface area contributed by atoms with Crippen LogP contribution in [-0.4, -0.2) is 47.1 Å². The zero-order valence-electron chi connectivity index (χ0n) is 12.1. The van der Waals surface area contributed by atoms with Crippen LogP contribution in [0.1, 0.15) is 29.3 Å². The second-order valence-electron chi connectivity index (χ2n) is 5.81. The van der Waals surface area contributed by atoms with Gasteiger partial charge in [0.15, 0.2) is 0 Å². The summed E-state index contributed by atoms with van der Waals surface area (Å²) in [6, 6.07) is 7.85. The molecule has 20 heavy (non-hydrogen) atoms. The minimum absolute atomic E-state index is 0.166. The van der Waals surface area contributed by atoms with Crippen molar-refractivity contribution < 1.29 is 9.53 Å². The van der Waals surface area contributed by atoms with E-state index in [0.29, 0.717) is 6.10 Å². The van der Waals surface area contributed by atoms with Crippen molar-refractivity contribution in [2.75, 3.05) is 25.4 Å². The van der Waals surface area contributed by atoms with E-state index in [1.165, 1.54) is 0 Å². The number of amides is 1. The smallest absolute Gasteiger partial charge is 0.253 e. The summed E-state index contributed by atoms with van der Waals surface area (Å²) in [5.41, 5.74) is 1.95. The van der Waals surface area contributed by atoms with Gasteiger partial charge in [0, 0.05) is 31.0 Å². The van der Waals surface area contributed by atoms with E-state index in [1.54, 1.807) is 0 Å². The Balaban J connectivity index is 1.59. The fourth-order valence-corrected chi connectivity index (χ4v) is 4.67. The summed E-state index contributed by atoms with van der Waals surface area (Å²) in [5.74, 6) is 1.24. The van der Waals surface area contributed by atoms with Gasteiger partial charge in [0.05, 0.1) is 10.9 Å². The number of aryl methyl sites for hydroxylation is 1. The molecule has 4 heteroatoms. The molecular formula is C16H21NO2S. The van der Waals surface area contributed by atoms with Crippen LogP contribution in [0.25, 0.3) is 0 Å². The molecule has 0 unspecified atom stereocenters. The first-order valence-corrected chi connectivity index (χ1v) is 8.22. The van der Waals surface area contributed by atoms with E-state index in [9.17, 15) is 4.79 Å². The Labute approximate surface area is 124 Å². The number of thioether (sulfide) groups is 1. The third-order valence-electron chi connectivity index (χ3n) is 4.09. The van der Waals surface area contributed by atoms with Gasteiger partial charge in [-0.2, -0.15) is 0 Å². The van der Waals surface area contributed by atoms with Crippen molar-refractivity contribution >= 4 is 17.7 Å². The highest BCUT2D eigenvalue weighted by Gasteiger charge is 2.50. The van der Waals surface area contributed by atoms with Crippen molar-refractivity contribution in [3.05, 3.63) is 35.4 Å². The van der Waals surface area contributed by atoms with E-state index in [-0.39, 0.29) is 10.7 Å². The van der Waals surface area contributed by atoms with Crippen LogP contribution in [0.5, 0.6) is 0 Å².